The number of fused-ring (bicyclic) bond motifs is 1. The molecule has 4 aliphatic heterocycles. The standard InChI is InChI=1S/C25H32N4O5/c30-21-4-3-20(23(32)27-21)29-24(33)18-2-1-15(13-19(18)25(29)34)14-28-11-7-17(8-12-28)22(31)16-5-9-26-10-6-16/h1-2,13,16-17,20,22,26,31H,3-12,14H2,(H,27,30,32). The zero-order valence-corrected chi connectivity index (χ0v) is 19.3. The predicted octanol–water partition coefficient (Wildman–Crippen LogP) is 0.660. The maximum atomic E-state index is 13.0. The first-order valence-corrected chi connectivity index (χ1v) is 12.4. The highest BCUT2D eigenvalue weighted by atomic mass is 16.3. The number of piperidine rings is 3. The summed E-state index contributed by atoms with van der Waals surface area (Å²) in [4.78, 5) is 52.9. The molecule has 1 aromatic carbocycles. The summed E-state index contributed by atoms with van der Waals surface area (Å²) in [5.74, 6) is -1.20. The molecule has 0 spiro atoms. The van der Waals surface area contributed by atoms with Crippen LogP contribution >= 0.6 is 0 Å². The van der Waals surface area contributed by atoms with Crippen LogP contribution in [0.2, 0.25) is 0 Å². The van der Waals surface area contributed by atoms with E-state index in [1.807, 2.05) is 6.07 Å². The van der Waals surface area contributed by atoms with E-state index in [2.05, 4.69) is 15.5 Å². The minimum Gasteiger partial charge on any atom is -0.393 e. The monoisotopic (exact) mass is 468 g/mol. The predicted molar refractivity (Wildman–Crippen MR) is 123 cm³/mol. The Hall–Kier alpha value is -2.62. The first-order chi connectivity index (χ1) is 16.4. The van der Waals surface area contributed by atoms with Crippen molar-refractivity contribution in [3.05, 3.63) is 34.9 Å². The first-order valence-electron chi connectivity index (χ1n) is 12.4. The zero-order chi connectivity index (χ0) is 23.8. The van der Waals surface area contributed by atoms with E-state index >= 15 is 0 Å². The third-order valence-electron chi connectivity index (χ3n) is 7.89. The first kappa shape index (κ1) is 23.1. The highest BCUT2D eigenvalue weighted by molar-refractivity contribution is 6.23. The molecule has 3 saturated heterocycles. The third-order valence-corrected chi connectivity index (χ3v) is 7.89. The molecule has 9 heteroatoms. The fraction of sp³-hybridized carbons (Fsp3) is 0.600. The van der Waals surface area contributed by atoms with Crippen LogP contribution in [0.25, 0.3) is 0 Å². The Morgan fingerprint density at radius 2 is 1.59 bits per heavy atom. The van der Waals surface area contributed by atoms with E-state index in [0.717, 1.165) is 62.3 Å². The average molecular weight is 469 g/mol. The summed E-state index contributed by atoms with van der Waals surface area (Å²) >= 11 is 0. The summed E-state index contributed by atoms with van der Waals surface area (Å²) in [7, 11) is 0. The Balaban J connectivity index is 1.20. The van der Waals surface area contributed by atoms with Gasteiger partial charge in [-0.25, -0.2) is 0 Å². The average Bonchev–Trinajstić information content (AvgIpc) is 3.09. The Morgan fingerprint density at radius 1 is 0.912 bits per heavy atom. The highest BCUT2D eigenvalue weighted by Crippen LogP contribution is 2.31. The van der Waals surface area contributed by atoms with E-state index in [9.17, 15) is 24.3 Å². The quantitative estimate of drug-likeness (QED) is 0.543. The van der Waals surface area contributed by atoms with Crippen molar-refractivity contribution >= 4 is 23.6 Å². The van der Waals surface area contributed by atoms with Gasteiger partial charge in [-0.15, -0.1) is 0 Å². The minimum absolute atomic E-state index is 0.108. The molecule has 0 aliphatic carbocycles. The number of aliphatic hydroxyl groups is 1. The van der Waals surface area contributed by atoms with Crippen molar-refractivity contribution < 1.29 is 24.3 Å². The SMILES string of the molecule is O=C1CCC(N2C(=O)c3ccc(CN4CCC(C(O)C5CCNCC5)CC4)cc3C2=O)C(=O)N1. The van der Waals surface area contributed by atoms with Gasteiger partial charge in [0.1, 0.15) is 6.04 Å². The molecular formula is C25H32N4O5. The molecule has 0 bridgehead atoms. The Bertz CT molecular complexity index is 997. The molecule has 3 fully saturated rings. The van der Waals surface area contributed by atoms with Gasteiger partial charge in [0.15, 0.2) is 0 Å². The van der Waals surface area contributed by atoms with Crippen molar-refractivity contribution in [1.82, 2.24) is 20.4 Å². The van der Waals surface area contributed by atoms with Gasteiger partial charge in [-0.1, -0.05) is 6.07 Å². The van der Waals surface area contributed by atoms with Crippen LogP contribution in [0, 0.1) is 11.8 Å². The van der Waals surface area contributed by atoms with Crippen molar-refractivity contribution in [2.75, 3.05) is 26.2 Å². The van der Waals surface area contributed by atoms with E-state index < -0.39 is 23.8 Å². The maximum absolute atomic E-state index is 13.0. The van der Waals surface area contributed by atoms with Crippen LogP contribution in [0.4, 0.5) is 0 Å². The highest BCUT2D eigenvalue weighted by Gasteiger charge is 2.44. The molecule has 3 N–H and O–H groups in total. The molecule has 182 valence electrons. The lowest BCUT2D eigenvalue weighted by Gasteiger charge is -2.38. The second-order valence-corrected chi connectivity index (χ2v) is 10.0. The lowest BCUT2D eigenvalue weighted by Crippen LogP contribution is -2.54. The molecule has 0 radical (unpaired) electrons. The maximum Gasteiger partial charge on any atom is 0.262 e. The second-order valence-electron chi connectivity index (χ2n) is 10.0. The van der Waals surface area contributed by atoms with Gasteiger partial charge in [0.05, 0.1) is 17.2 Å². The van der Waals surface area contributed by atoms with Crippen molar-refractivity contribution in [3.63, 3.8) is 0 Å². The summed E-state index contributed by atoms with van der Waals surface area (Å²) in [5.41, 5.74) is 1.58. The Labute approximate surface area is 198 Å². The number of amides is 4. The number of aliphatic hydroxyl groups excluding tert-OH is 1. The number of imide groups is 2. The third kappa shape index (κ3) is 4.39. The van der Waals surface area contributed by atoms with Crippen LogP contribution in [0.15, 0.2) is 18.2 Å². The van der Waals surface area contributed by atoms with Crippen molar-refractivity contribution in [2.24, 2.45) is 11.8 Å². The molecular weight excluding hydrogens is 436 g/mol. The summed E-state index contributed by atoms with van der Waals surface area (Å²) in [6.07, 6.45) is 4.02. The van der Waals surface area contributed by atoms with E-state index in [1.54, 1.807) is 12.1 Å². The van der Waals surface area contributed by atoms with Crippen LogP contribution in [0.5, 0.6) is 0 Å². The molecule has 2 atom stereocenters. The molecule has 4 amide bonds. The number of hydrogen-bond donors (Lipinski definition) is 3. The van der Waals surface area contributed by atoms with E-state index in [4.69, 9.17) is 0 Å². The number of benzene rings is 1. The van der Waals surface area contributed by atoms with Gasteiger partial charge >= 0.3 is 0 Å². The number of nitrogens with zero attached hydrogens (tertiary/aromatic N) is 2. The van der Waals surface area contributed by atoms with Crippen LogP contribution in [-0.2, 0) is 16.1 Å². The molecule has 1 aromatic rings. The lowest BCUT2D eigenvalue weighted by atomic mass is 9.80. The number of likely N-dealkylation sites (tertiary alicyclic amines) is 1. The van der Waals surface area contributed by atoms with Crippen molar-refractivity contribution in [2.45, 2.75) is 57.2 Å². The van der Waals surface area contributed by atoms with Crippen LogP contribution < -0.4 is 10.6 Å². The molecule has 2 unspecified atom stereocenters. The smallest absolute Gasteiger partial charge is 0.262 e. The largest absolute Gasteiger partial charge is 0.393 e. The molecule has 0 saturated carbocycles. The fourth-order valence-corrected chi connectivity index (χ4v) is 5.90. The van der Waals surface area contributed by atoms with Gasteiger partial charge in [-0.3, -0.25) is 34.3 Å². The van der Waals surface area contributed by atoms with Crippen LogP contribution in [0.1, 0.15) is 64.8 Å². The van der Waals surface area contributed by atoms with Gasteiger partial charge in [0.25, 0.3) is 11.8 Å². The summed E-state index contributed by atoms with van der Waals surface area (Å²) in [6, 6.07) is 4.36. The van der Waals surface area contributed by atoms with E-state index in [1.165, 1.54) is 0 Å². The molecule has 9 nitrogen and oxygen atoms in total. The van der Waals surface area contributed by atoms with Gasteiger partial charge < -0.3 is 10.4 Å². The van der Waals surface area contributed by atoms with Crippen LogP contribution in [0.3, 0.4) is 0 Å². The summed E-state index contributed by atoms with van der Waals surface area (Å²) < 4.78 is 0. The fourth-order valence-electron chi connectivity index (χ4n) is 5.90. The number of nitrogens with one attached hydrogen (secondary N) is 2. The summed E-state index contributed by atoms with van der Waals surface area (Å²) in [6.45, 7) is 4.42. The zero-order valence-electron chi connectivity index (χ0n) is 19.3. The van der Waals surface area contributed by atoms with E-state index in [0.29, 0.717) is 29.5 Å². The van der Waals surface area contributed by atoms with Gasteiger partial charge in [0, 0.05) is 13.0 Å². The molecule has 34 heavy (non-hydrogen) atoms. The summed E-state index contributed by atoms with van der Waals surface area (Å²) in [5, 5.41) is 16.4. The van der Waals surface area contributed by atoms with Gasteiger partial charge in [-0.05, 0) is 87.8 Å². The number of carbonyl (C=O) groups is 4. The molecule has 4 aliphatic rings. The van der Waals surface area contributed by atoms with Gasteiger partial charge in [-0.2, -0.15) is 0 Å². The van der Waals surface area contributed by atoms with Gasteiger partial charge in [0.2, 0.25) is 11.8 Å². The van der Waals surface area contributed by atoms with Crippen molar-refractivity contribution in [1.29, 1.82) is 0 Å². The number of rotatable bonds is 5. The molecule has 4 heterocycles. The Morgan fingerprint density at radius 3 is 2.29 bits per heavy atom. The second kappa shape index (κ2) is 9.56. The lowest BCUT2D eigenvalue weighted by molar-refractivity contribution is -0.136. The minimum atomic E-state index is -0.945. The topological polar surface area (TPSA) is 119 Å². The van der Waals surface area contributed by atoms with Crippen LogP contribution in [-0.4, -0.2) is 76.9 Å². The normalized spacial score (nSPS) is 26.0. The Kier molecular flexibility index (Phi) is 6.50. The van der Waals surface area contributed by atoms with E-state index in [-0.39, 0.29) is 24.9 Å². The molecule has 0 aromatic heterocycles. The number of carbonyl (C=O) groups excluding carboxylic acids is 4. The molecule has 5 rings (SSSR count). The number of hydrogen-bond acceptors (Lipinski definition) is 7. The van der Waals surface area contributed by atoms with Crippen molar-refractivity contribution in [3.8, 4) is 0 Å².